The molecule has 0 unspecified atom stereocenters. The smallest absolute Gasteiger partial charge is 0.161 e. The molecule has 1 aromatic rings. The first-order valence-electron chi connectivity index (χ1n) is 6.55. The summed E-state index contributed by atoms with van der Waals surface area (Å²) in [6.45, 7) is 0.868. The number of thiocarbonyl (C=S) groups is 1. The van der Waals surface area contributed by atoms with Crippen LogP contribution in [0.15, 0.2) is 16.6 Å². The van der Waals surface area contributed by atoms with Gasteiger partial charge in [-0.3, -0.25) is 0 Å². The SMILES string of the molecule is NC(=S)c1ccc(NCC2(C3CC3)CC2)c(F)c1Br. The molecule has 0 saturated heterocycles. The van der Waals surface area contributed by atoms with Gasteiger partial charge >= 0.3 is 0 Å². The molecule has 0 heterocycles. The molecule has 2 fully saturated rings. The van der Waals surface area contributed by atoms with Crippen LogP contribution in [0.5, 0.6) is 0 Å². The second kappa shape index (κ2) is 4.70. The molecule has 0 spiro atoms. The fraction of sp³-hybridized carbons (Fsp3) is 0.500. The zero-order valence-corrected chi connectivity index (χ0v) is 12.9. The maximum atomic E-state index is 14.2. The van der Waals surface area contributed by atoms with E-state index in [9.17, 15) is 4.39 Å². The number of nitrogens with one attached hydrogen (secondary N) is 1. The van der Waals surface area contributed by atoms with Crippen LogP contribution in [0.1, 0.15) is 31.2 Å². The minimum absolute atomic E-state index is 0.203. The highest BCUT2D eigenvalue weighted by molar-refractivity contribution is 9.10. The monoisotopic (exact) mass is 342 g/mol. The fourth-order valence-electron chi connectivity index (χ4n) is 2.73. The number of rotatable bonds is 5. The summed E-state index contributed by atoms with van der Waals surface area (Å²) in [6.07, 6.45) is 5.24. The van der Waals surface area contributed by atoms with Crippen molar-refractivity contribution in [3.63, 3.8) is 0 Å². The number of benzene rings is 1. The number of hydrogen-bond acceptors (Lipinski definition) is 2. The molecule has 102 valence electrons. The van der Waals surface area contributed by atoms with Gasteiger partial charge in [-0.05, 0) is 65.1 Å². The molecular weight excluding hydrogens is 327 g/mol. The van der Waals surface area contributed by atoms with E-state index < -0.39 is 0 Å². The lowest BCUT2D eigenvalue weighted by molar-refractivity contribution is 0.465. The summed E-state index contributed by atoms with van der Waals surface area (Å²) >= 11 is 8.12. The molecule has 3 N–H and O–H groups in total. The molecule has 2 aliphatic rings. The van der Waals surface area contributed by atoms with Gasteiger partial charge in [-0.15, -0.1) is 0 Å². The Morgan fingerprint density at radius 2 is 2.16 bits per heavy atom. The van der Waals surface area contributed by atoms with E-state index >= 15 is 0 Å². The lowest BCUT2D eigenvalue weighted by Gasteiger charge is -2.17. The Labute approximate surface area is 126 Å². The van der Waals surface area contributed by atoms with Crippen molar-refractivity contribution < 1.29 is 4.39 Å². The van der Waals surface area contributed by atoms with Gasteiger partial charge in [0.2, 0.25) is 0 Å². The molecule has 5 heteroatoms. The Morgan fingerprint density at radius 1 is 1.47 bits per heavy atom. The average molecular weight is 343 g/mol. The highest BCUT2D eigenvalue weighted by Gasteiger charge is 2.53. The van der Waals surface area contributed by atoms with Gasteiger partial charge < -0.3 is 11.1 Å². The van der Waals surface area contributed by atoms with E-state index in [1.165, 1.54) is 25.7 Å². The van der Waals surface area contributed by atoms with Gasteiger partial charge in [-0.2, -0.15) is 0 Å². The lowest BCUT2D eigenvalue weighted by Crippen LogP contribution is -2.18. The molecule has 2 saturated carbocycles. The second-order valence-electron chi connectivity index (χ2n) is 5.64. The second-order valence-corrected chi connectivity index (χ2v) is 6.88. The number of halogens is 2. The Balaban J connectivity index is 1.74. The molecule has 0 amide bonds. The summed E-state index contributed by atoms with van der Waals surface area (Å²) in [7, 11) is 0. The van der Waals surface area contributed by atoms with Crippen molar-refractivity contribution >= 4 is 38.8 Å². The van der Waals surface area contributed by atoms with Crippen molar-refractivity contribution in [3.8, 4) is 0 Å². The molecule has 0 radical (unpaired) electrons. The quantitative estimate of drug-likeness (QED) is 0.798. The van der Waals surface area contributed by atoms with Gasteiger partial charge in [0.05, 0.1) is 10.2 Å². The Morgan fingerprint density at radius 3 is 2.68 bits per heavy atom. The number of hydrogen-bond donors (Lipinski definition) is 2. The summed E-state index contributed by atoms with van der Waals surface area (Å²) < 4.78 is 14.6. The van der Waals surface area contributed by atoms with E-state index in [2.05, 4.69) is 21.2 Å². The normalized spacial score (nSPS) is 20.1. The van der Waals surface area contributed by atoms with Gasteiger partial charge in [0, 0.05) is 12.1 Å². The molecule has 1 aromatic carbocycles. The van der Waals surface area contributed by atoms with Gasteiger partial charge in [0.1, 0.15) is 4.99 Å². The fourth-order valence-corrected chi connectivity index (χ4v) is 3.59. The summed E-state index contributed by atoms with van der Waals surface area (Å²) in [5.74, 6) is 0.555. The highest BCUT2D eigenvalue weighted by atomic mass is 79.9. The zero-order chi connectivity index (χ0) is 13.6. The molecule has 3 rings (SSSR count). The highest BCUT2D eigenvalue weighted by Crippen LogP contribution is 2.61. The molecule has 0 aromatic heterocycles. The van der Waals surface area contributed by atoms with E-state index in [1.807, 2.05) is 0 Å². The minimum Gasteiger partial charge on any atom is -0.389 e. The van der Waals surface area contributed by atoms with Crippen molar-refractivity contribution in [2.24, 2.45) is 17.1 Å². The first-order chi connectivity index (χ1) is 9.03. The van der Waals surface area contributed by atoms with E-state index in [1.54, 1.807) is 12.1 Å². The maximum Gasteiger partial charge on any atom is 0.161 e. The standard InChI is InChI=1S/C14H16BrFN2S/c15-11-9(13(17)19)3-4-10(12(11)16)18-7-14(5-6-14)8-1-2-8/h3-4,8,18H,1-2,5-7H2,(H2,17,19). The molecule has 2 nitrogen and oxygen atoms in total. The third-order valence-electron chi connectivity index (χ3n) is 4.31. The third kappa shape index (κ3) is 2.50. The third-order valence-corrected chi connectivity index (χ3v) is 5.31. The topological polar surface area (TPSA) is 38.0 Å². The molecule has 19 heavy (non-hydrogen) atoms. The van der Waals surface area contributed by atoms with Crippen molar-refractivity contribution in [3.05, 3.63) is 28.0 Å². The van der Waals surface area contributed by atoms with Crippen molar-refractivity contribution in [2.45, 2.75) is 25.7 Å². The molecule has 0 bridgehead atoms. The van der Waals surface area contributed by atoms with Crippen molar-refractivity contribution in [1.29, 1.82) is 0 Å². The van der Waals surface area contributed by atoms with Crippen LogP contribution in [0, 0.1) is 17.2 Å². The molecule has 0 atom stereocenters. The van der Waals surface area contributed by atoms with E-state index in [0.717, 1.165) is 12.5 Å². The summed E-state index contributed by atoms with van der Waals surface area (Å²) in [6, 6.07) is 3.48. The van der Waals surface area contributed by atoms with Crippen molar-refractivity contribution in [2.75, 3.05) is 11.9 Å². The first kappa shape index (κ1) is 13.3. The molecular formula is C14H16BrFN2S. The van der Waals surface area contributed by atoms with Gasteiger partial charge in [-0.25, -0.2) is 4.39 Å². The van der Waals surface area contributed by atoms with Crippen molar-refractivity contribution in [1.82, 2.24) is 0 Å². The van der Waals surface area contributed by atoms with E-state index in [0.29, 0.717) is 21.1 Å². The lowest BCUT2D eigenvalue weighted by atomic mass is 10.0. The van der Waals surface area contributed by atoms with Gasteiger partial charge in [0.15, 0.2) is 5.82 Å². The summed E-state index contributed by atoms with van der Waals surface area (Å²) in [4.78, 5) is 0.203. The van der Waals surface area contributed by atoms with Gasteiger partial charge in [0.25, 0.3) is 0 Å². The van der Waals surface area contributed by atoms with Crippen LogP contribution < -0.4 is 11.1 Å². The predicted molar refractivity (Wildman–Crippen MR) is 82.9 cm³/mol. The summed E-state index contributed by atoms with van der Waals surface area (Å²) in [5.41, 5.74) is 7.06. The summed E-state index contributed by atoms with van der Waals surface area (Å²) in [5, 5.41) is 3.25. The average Bonchev–Trinajstić information content (AvgIpc) is 3.24. The number of nitrogens with two attached hydrogens (primary N) is 1. The van der Waals surface area contributed by atoms with E-state index in [4.69, 9.17) is 18.0 Å². The Kier molecular flexibility index (Phi) is 3.29. The molecule has 2 aliphatic carbocycles. The zero-order valence-electron chi connectivity index (χ0n) is 10.5. The maximum absolute atomic E-state index is 14.2. The van der Waals surface area contributed by atoms with Crippen LogP contribution in [0.3, 0.4) is 0 Å². The minimum atomic E-state index is -0.308. The predicted octanol–water partition coefficient (Wildman–Crippen LogP) is 3.82. The molecule has 0 aliphatic heterocycles. The van der Waals surface area contributed by atoms with Crippen LogP contribution in [0.4, 0.5) is 10.1 Å². The van der Waals surface area contributed by atoms with Crippen LogP contribution >= 0.6 is 28.1 Å². The van der Waals surface area contributed by atoms with Crippen LogP contribution in [0.2, 0.25) is 0 Å². The van der Waals surface area contributed by atoms with E-state index in [-0.39, 0.29) is 10.8 Å². The van der Waals surface area contributed by atoms with Gasteiger partial charge in [-0.1, -0.05) is 12.2 Å². The first-order valence-corrected chi connectivity index (χ1v) is 7.75. The Hall–Kier alpha value is -0.680. The number of anilines is 1. The Bertz CT molecular complexity index is 538. The largest absolute Gasteiger partial charge is 0.389 e. The van der Waals surface area contributed by atoms with Crippen LogP contribution in [0.25, 0.3) is 0 Å². The van der Waals surface area contributed by atoms with Crippen LogP contribution in [-0.2, 0) is 0 Å². The van der Waals surface area contributed by atoms with Crippen LogP contribution in [-0.4, -0.2) is 11.5 Å².